The predicted octanol–water partition coefficient (Wildman–Crippen LogP) is 17.5. The number of likely N-dealkylation sites (N-methyl/N-ethyl adjacent to an activating group) is 1. The normalized spacial score (nSPS) is 12.5. The Balaban J connectivity index is 0.00000139. The van der Waals surface area contributed by atoms with Crippen molar-refractivity contribution in [1.82, 2.24) is 10.6 Å². The third-order valence-corrected chi connectivity index (χ3v) is 14.6. The molecule has 72 heavy (non-hydrogen) atoms. The first-order chi connectivity index (χ1) is 34.5. The second-order valence-corrected chi connectivity index (χ2v) is 21.2. The Morgan fingerprint density at radius 1 is 0.778 bits per heavy atom. The number of nitrogens with one attached hydrogen (secondary N) is 4. The number of ether oxygens (including phenoxy) is 1. The van der Waals surface area contributed by atoms with Crippen LogP contribution in [0.4, 0.5) is 11.4 Å². The number of aliphatic imine (C=N–C) groups is 1. The molecular weight excluding hydrogens is 979 g/mol. The number of carbonyl (C=O) groups is 2. The lowest BCUT2D eigenvalue weighted by atomic mass is 9.76. The zero-order chi connectivity index (χ0) is 54.0. The van der Waals surface area contributed by atoms with Crippen LogP contribution in [0.3, 0.4) is 0 Å². The molecule has 13 heteroatoms. The van der Waals surface area contributed by atoms with Crippen molar-refractivity contribution in [3.05, 3.63) is 105 Å². The van der Waals surface area contributed by atoms with Crippen LogP contribution in [0, 0.1) is 11.5 Å². The summed E-state index contributed by atoms with van der Waals surface area (Å²) in [5, 5.41) is 20.0. The number of carbonyl (C=O) groups excluding carboxylic acids is 2. The van der Waals surface area contributed by atoms with Crippen molar-refractivity contribution in [3.63, 3.8) is 0 Å². The van der Waals surface area contributed by atoms with Crippen LogP contribution in [-0.2, 0) is 20.4 Å². The van der Waals surface area contributed by atoms with Crippen molar-refractivity contribution in [3.8, 4) is 11.9 Å². The minimum Gasteiger partial charge on any atom is -0.480 e. The van der Waals surface area contributed by atoms with E-state index in [1.54, 1.807) is 25.4 Å². The fraction of sp³-hybridized carbons (Fsp3) is 0.559. The molecule has 0 aliphatic rings. The van der Waals surface area contributed by atoms with Gasteiger partial charge in [-0.2, -0.15) is 5.26 Å². The molecule has 400 valence electrons. The SMILES string of the molecule is CC.CCC(Oc1ccc(C(C)(C)CC)cc1C(C)(C)CC)C(=O)Nc1ccccc1SC(C=NC/C=C(\C=C/CNC#N)NC)C(=O)Nc1c(Cl)cc(Cl)cc1Cl.CCCCCCCCCCCCCC. The van der Waals surface area contributed by atoms with E-state index in [4.69, 9.17) is 44.8 Å². The Kier molecular flexibility index (Phi) is 34.4. The number of halogens is 3. The number of amides is 2. The number of nitriles is 1. The van der Waals surface area contributed by atoms with Crippen LogP contribution in [0.5, 0.6) is 5.75 Å². The molecule has 0 saturated heterocycles. The van der Waals surface area contributed by atoms with Gasteiger partial charge in [-0.1, -0.05) is 218 Å². The summed E-state index contributed by atoms with van der Waals surface area (Å²) < 4.78 is 6.53. The first-order valence-corrected chi connectivity index (χ1v) is 28.5. The zero-order valence-electron chi connectivity index (χ0n) is 45.8. The van der Waals surface area contributed by atoms with Crippen LogP contribution in [-0.4, -0.2) is 49.5 Å². The van der Waals surface area contributed by atoms with Crippen LogP contribution in [0.15, 0.2) is 88.4 Å². The first kappa shape index (κ1) is 65.9. The van der Waals surface area contributed by atoms with Gasteiger partial charge in [0.2, 0.25) is 5.91 Å². The number of unbranched alkanes of at least 4 members (excludes halogenated alkanes) is 11. The number of rotatable bonds is 31. The summed E-state index contributed by atoms with van der Waals surface area (Å²) in [6.07, 6.45) is 27.8. The highest BCUT2D eigenvalue weighted by Gasteiger charge is 2.30. The van der Waals surface area contributed by atoms with Crippen molar-refractivity contribution < 1.29 is 14.3 Å². The molecule has 3 rings (SSSR count). The minimum absolute atomic E-state index is 0.00653. The fourth-order valence-electron chi connectivity index (χ4n) is 7.25. The maximum Gasteiger partial charge on any atom is 0.265 e. The van der Waals surface area contributed by atoms with E-state index in [2.05, 4.69) is 93.8 Å². The monoisotopic (exact) mass is 1070 g/mol. The van der Waals surface area contributed by atoms with Crippen molar-refractivity contribution in [2.75, 3.05) is 30.8 Å². The van der Waals surface area contributed by atoms with Crippen molar-refractivity contribution in [2.24, 2.45) is 4.99 Å². The first-order valence-electron chi connectivity index (χ1n) is 26.5. The molecule has 2 unspecified atom stereocenters. The Labute approximate surface area is 455 Å². The lowest BCUT2D eigenvalue weighted by Crippen LogP contribution is -2.33. The highest BCUT2D eigenvalue weighted by molar-refractivity contribution is 8.01. The summed E-state index contributed by atoms with van der Waals surface area (Å²) in [5.41, 5.74) is 3.63. The van der Waals surface area contributed by atoms with Crippen LogP contribution in [0.2, 0.25) is 15.1 Å². The van der Waals surface area contributed by atoms with Crippen LogP contribution < -0.4 is 26.0 Å². The number of hydrogen-bond acceptors (Lipinski definition) is 8. The van der Waals surface area contributed by atoms with E-state index in [-0.39, 0.29) is 39.0 Å². The maximum atomic E-state index is 14.0. The van der Waals surface area contributed by atoms with Crippen molar-refractivity contribution in [2.45, 2.75) is 200 Å². The van der Waals surface area contributed by atoms with E-state index in [0.717, 1.165) is 24.1 Å². The largest absolute Gasteiger partial charge is 0.480 e. The molecule has 3 aromatic rings. The summed E-state index contributed by atoms with van der Waals surface area (Å²) in [4.78, 5) is 33.0. The summed E-state index contributed by atoms with van der Waals surface area (Å²) in [7, 11) is 1.78. The molecule has 2 atom stereocenters. The average molecular weight is 1070 g/mol. The second kappa shape index (κ2) is 37.6. The van der Waals surface area contributed by atoms with Gasteiger partial charge >= 0.3 is 0 Å². The number of allylic oxidation sites excluding steroid dienone is 1. The average Bonchev–Trinajstić information content (AvgIpc) is 3.37. The topological polar surface area (TPSA) is 128 Å². The van der Waals surface area contributed by atoms with E-state index in [0.29, 0.717) is 34.3 Å². The van der Waals surface area contributed by atoms with E-state index in [1.165, 1.54) is 107 Å². The lowest BCUT2D eigenvalue weighted by Gasteiger charge is -2.31. The number of benzene rings is 3. The van der Waals surface area contributed by atoms with Crippen LogP contribution in [0.25, 0.3) is 0 Å². The standard InChI is InChI=1S/C43H53Cl3N6O3S.C14H30.C2H6/c1-9-35(55-36-19-18-28(42(4,5)10-2)23-31(36)43(6,7)11-3)40(53)51-34-16-12-13-17-37(34)56-38(26-49-22-20-30(48-8)15-14-21-50-27-47)41(54)52-39-32(45)24-29(44)25-33(39)46;1-3-5-7-9-11-13-14-12-10-8-6-4-2;1-2/h12-20,23-26,35,38,48,50H,9-11,21-22H2,1-8H3,(H,51,53)(H,52,54);3-14H2,1-2H3;1-2H3/b15-14-,30-20+,49-26?;;. The molecule has 0 heterocycles. The fourth-order valence-corrected chi connectivity index (χ4v) is 9.15. The Bertz CT molecular complexity index is 2130. The number of anilines is 2. The Morgan fingerprint density at radius 2 is 1.35 bits per heavy atom. The number of thioether (sulfide) groups is 1. The summed E-state index contributed by atoms with van der Waals surface area (Å²) in [5.74, 6) is -0.0628. The highest BCUT2D eigenvalue weighted by Crippen LogP contribution is 2.40. The second-order valence-electron chi connectivity index (χ2n) is 18.8. The van der Waals surface area contributed by atoms with Crippen molar-refractivity contribution >= 4 is 76.0 Å². The van der Waals surface area contributed by atoms with Crippen molar-refractivity contribution in [1.29, 1.82) is 5.26 Å². The van der Waals surface area contributed by atoms with Gasteiger partial charge in [-0.25, -0.2) is 0 Å². The summed E-state index contributed by atoms with van der Waals surface area (Å²) >= 11 is 20.2. The Hall–Kier alpha value is -4.14. The molecule has 2 amide bonds. The molecule has 0 aliphatic heterocycles. The van der Waals surface area contributed by atoms with Gasteiger partial charge in [-0.3, -0.25) is 14.6 Å². The van der Waals surface area contributed by atoms with Crippen LogP contribution in [0.1, 0.15) is 184 Å². The molecule has 0 aliphatic carbocycles. The van der Waals surface area contributed by atoms with E-state index < -0.39 is 17.3 Å². The third kappa shape index (κ3) is 24.7. The smallest absolute Gasteiger partial charge is 0.265 e. The van der Waals surface area contributed by atoms with E-state index in [1.807, 2.05) is 63.4 Å². The van der Waals surface area contributed by atoms with Gasteiger partial charge in [0, 0.05) is 41.0 Å². The third-order valence-electron chi connectivity index (χ3n) is 12.6. The summed E-state index contributed by atoms with van der Waals surface area (Å²) in [6, 6.07) is 16.6. The number of para-hydroxylation sites is 1. The number of hydrogen-bond donors (Lipinski definition) is 4. The molecule has 0 radical (unpaired) electrons. The molecule has 9 nitrogen and oxygen atoms in total. The van der Waals surface area contributed by atoms with Gasteiger partial charge in [0.05, 0.1) is 28.0 Å². The highest BCUT2D eigenvalue weighted by atomic mass is 35.5. The Morgan fingerprint density at radius 3 is 1.88 bits per heavy atom. The molecular formula is C59H89Cl3N6O3S. The van der Waals surface area contributed by atoms with Gasteiger partial charge in [0.15, 0.2) is 12.3 Å². The van der Waals surface area contributed by atoms with Gasteiger partial charge in [-0.15, -0.1) is 11.8 Å². The zero-order valence-corrected chi connectivity index (χ0v) is 48.9. The predicted molar refractivity (Wildman–Crippen MR) is 314 cm³/mol. The molecule has 0 bridgehead atoms. The quantitative estimate of drug-likeness (QED) is 0.0126. The molecule has 0 saturated carbocycles. The molecule has 0 aromatic heterocycles. The lowest BCUT2D eigenvalue weighted by molar-refractivity contribution is -0.123. The maximum absolute atomic E-state index is 14.0. The molecule has 4 N–H and O–H groups in total. The van der Waals surface area contributed by atoms with Crippen LogP contribution >= 0.6 is 46.6 Å². The van der Waals surface area contributed by atoms with E-state index in [9.17, 15) is 9.59 Å². The summed E-state index contributed by atoms with van der Waals surface area (Å²) in [6.45, 7) is 24.3. The minimum atomic E-state index is -0.874. The molecule has 0 spiro atoms. The molecule has 0 fully saturated rings. The van der Waals surface area contributed by atoms with Gasteiger partial charge in [0.25, 0.3) is 5.91 Å². The van der Waals surface area contributed by atoms with Gasteiger partial charge < -0.3 is 26.0 Å². The van der Waals surface area contributed by atoms with Gasteiger partial charge in [0.1, 0.15) is 11.0 Å². The van der Waals surface area contributed by atoms with Gasteiger partial charge in [-0.05, 0) is 78.1 Å². The number of nitrogens with zero attached hydrogens (tertiary/aromatic N) is 2. The van der Waals surface area contributed by atoms with E-state index >= 15 is 0 Å². The molecule has 3 aromatic carbocycles.